The maximum absolute atomic E-state index is 6.01. The summed E-state index contributed by atoms with van der Waals surface area (Å²) in [5, 5.41) is 4.33. The van der Waals surface area contributed by atoms with E-state index in [1.807, 2.05) is 36.4 Å². The van der Waals surface area contributed by atoms with Crippen LogP contribution >= 0.6 is 0 Å². The first-order valence-corrected chi connectivity index (χ1v) is 8.66. The van der Waals surface area contributed by atoms with E-state index in [0.29, 0.717) is 5.69 Å². The summed E-state index contributed by atoms with van der Waals surface area (Å²) in [4.78, 5) is 8.63. The Balaban J connectivity index is 1.71. The SMILES string of the molecule is CCC(C)Oc1ccccc1CCNc1ncnc2ccc(N)cc12. The molecule has 0 saturated carbocycles. The van der Waals surface area contributed by atoms with Crippen molar-refractivity contribution in [2.75, 3.05) is 17.6 Å². The van der Waals surface area contributed by atoms with Gasteiger partial charge < -0.3 is 15.8 Å². The van der Waals surface area contributed by atoms with Crippen LogP contribution in [0.1, 0.15) is 25.8 Å². The van der Waals surface area contributed by atoms with Crippen LogP contribution in [-0.4, -0.2) is 22.6 Å². The molecular weight excluding hydrogens is 312 g/mol. The zero-order valence-corrected chi connectivity index (χ0v) is 14.7. The molecule has 5 nitrogen and oxygen atoms in total. The fraction of sp³-hybridized carbons (Fsp3) is 0.300. The normalized spacial score (nSPS) is 12.1. The largest absolute Gasteiger partial charge is 0.490 e. The first-order valence-electron chi connectivity index (χ1n) is 8.66. The lowest BCUT2D eigenvalue weighted by Gasteiger charge is -2.16. The van der Waals surface area contributed by atoms with Crippen molar-refractivity contribution >= 4 is 22.4 Å². The molecule has 0 radical (unpaired) electrons. The van der Waals surface area contributed by atoms with Crippen LogP contribution in [0.4, 0.5) is 11.5 Å². The average Bonchev–Trinajstić information content (AvgIpc) is 2.63. The van der Waals surface area contributed by atoms with Crippen LogP contribution in [0.15, 0.2) is 48.8 Å². The van der Waals surface area contributed by atoms with Gasteiger partial charge in [-0.05, 0) is 49.6 Å². The smallest absolute Gasteiger partial charge is 0.137 e. The number of aromatic nitrogens is 2. The monoisotopic (exact) mass is 336 g/mol. The van der Waals surface area contributed by atoms with Gasteiger partial charge in [-0.3, -0.25) is 0 Å². The van der Waals surface area contributed by atoms with Crippen molar-refractivity contribution in [1.29, 1.82) is 0 Å². The third-order valence-corrected chi connectivity index (χ3v) is 4.22. The number of hydrogen-bond donors (Lipinski definition) is 2. The van der Waals surface area contributed by atoms with Gasteiger partial charge in [0.1, 0.15) is 17.9 Å². The summed E-state index contributed by atoms with van der Waals surface area (Å²) >= 11 is 0. The van der Waals surface area contributed by atoms with Crippen LogP contribution < -0.4 is 15.8 Å². The third kappa shape index (κ3) is 4.18. The standard InChI is InChI=1S/C20H24N4O/c1-3-14(2)25-19-7-5-4-6-15(19)10-11-22-20-17-12-16(21)8-9-18(17)23-13-24-20/h4-9,12-14H,3,10-11,21H2,1-2H3,(H,22,23,24). The topological polar surface area (TPSA) is 73.1 Å². The number of nitrogens with one attached hydrogen (secondary N) is 1. The molecule has 1 aromatic heterocycles. The van der Waals surface area contributed by atoms with Gasteiger partial charge in [0.25, 0.3) is 0 Å². The van der Waals surface area contributed by atoms with Gasteiger partial charge >= 0.3 is 0 Å². The maximum atomic E-state index is 6.01. The quantitative estimate of drug-likeness (QED) is 0.637. The van der Waals surface area contributed by atoms with Crippen molar-refractivity contribution in [2.24, 2.45) is 0 Å². The summed E-state index contributed by atoms with van der Waals surface area (Å²) in [6, 6.07) is 13.8. The summed E-state index contributed by atoms with van der Waals surface area (Å²) in [5.41, 5.74) is 8.67. The van der Waals surface area contributed by atoms with Crippen molar-refractivity contribution in [3.63, 3.8) is 0 Å². The highest BCUT2D eigenvalue weighted by Gasteiger charge is 2.08. The molecule has 130 valence electrons. The van der Waals surface area contributed by atoms with Crippen molar-refractivity contribution in [1.82, 2.24) is 9.97 Å². The highest BCUT2D eigenvalue weighted by atomic mass is 16.5. The number of anilines is 2. The van der Waals surface area contributed by atoms with Crippen molar-refractivity contribution < 1.29 is 4.74 Å². The van der Waals surface area contributed by atoms with E-state index in [4.69, 9.17) is 10.5 Å². The van der Waals surface area contributed by atoms with Crippen LogP contribution in [0.2, 0.25) is 0 Å². The van der Waals surface area contributed by atoms with E-state index >= 15 is 0 Å². The average molecular weight is 336 g/mol. The second kappa shape index (κ2) is 7.83. The fourth-order valence-electron chi connectivity index (χ4n) is 2.66. The zero-order chi connectivity index (χ0) is 17.6. The number of benzene rings is 2. The number of nitrogen functional groups attached to an aromatic ring is 1. The predicted octanol–water partition coefficient (Wildman–Crippen LogP) is 4.04. The second-order valence-corrected chi connectivity index (χ2v) is 6.12. The van der Waals surface area contributed by atoms with Crippen LogP contribution in [-0.2, 0) is 6.42 Å². The summed E-state index contributed by atoms with van der Waals surface area (Å²) < 4.78 is 6.01. The number of nitrogens with two attached hydrogens (primary N) is 1. The Morgan fingerprint density at radius 1 is 1.16 bits per heavy atom. The first kappa shape index (κ1) is 17.0. The molecule has 0 aliphatic carbocycles. The van der Waals surface area contributed by atoms with E-state index in [2.05, 4.69) is 35.2 Å². The summed E-state index contributed by atoms with van der Waals surface area (Å²) in [6.45, 7) is 4.97. The number of nitrogens with zero attached hydrogens (tertiary/aromatic N) is 2. The van der Waals surface area contributed by atoms with Gasteiger partial charge in [-0.25, -0.2) is 9.97 Å². The molecule has 0 spiro atoms. The Morgan fingerprint density at radius 2 is 2.00 bits per heavy atom. The summed E-state index contributed by atoms with van der Waals surface area (Å²) in [6.07, 6.45) is 3.62. The summed E-state index contributed by atoms with van der Waals surface area (Å²) in [5.74, 6) is 1.76. The lowest BCUT2D eigenvalue weighted by atomic mass is 10.1. The molecule has 0 amide bonds. The van der Waals surface area contributed by atoms with E-state index in [9.17, 15) is 0 Å². The van der Waals surface area contributed by atoms with E-state index < -0.39 is 0 Å². The molecule has 1 heterocycles. The van der Waals surface area contributed by atoms with E-state index in [0.717, 1.165) is 41.9 Å². The van der Waals surface area contributed by atoms with E-state index in [1.54, 1.807) is 6.33 Å². The highest BCUT2D eigenvalue weighted by Crippen LogP contribution is 2.23. The molecular formula is C20H24N4O. The number of para-hydroxylation sites is 1. The Bertz CT molecular complexity index is 850. The number of hydrogen-bond acceptors (Lipinski definition) is 5. The minimum atomic E-state index is 0.211. The van der Waals surface area contributed by atoms with Gasteiger partial charge in [0, 0.05) is 17.6 Å². The molecule has 0 aliphatic heterocycles. The third-order valence-electron chi connectivity index (χ3n) is 4.22. The molecule has 2 aromatic carbocycles. The minimum absolute atomic E-state index is 0.211. The second-order valence-electron chi connectivity index (χ2n) is 6.12. The van der Waals surface area contributed by atoms with E-state index in [1.165, 1.54) is 5.56 Å². The first-order chi connectivity index (χ1) is 12.2. The van der Waals surface area contributed by atoms with Gasteiger partial charge in [0.2, 0.25) is 0 Å². The fourth-order valence-corrected chi connectivity index (χ4v) is 2.66. The van der Waals surface area contributed by atoms with Gasteiger partial charge in [0.05, 0.1) is 11.6 Å². The summed E-state index contributed by atoms with van der Waals surface area (Å²) in [7, 11) is 0. The molecule has 0 saturated heterocycles. The van der Waals surface area contributed by atoms with Gasteiger partial charge in [-0.2, -0.15) is 0 Å². The molecule has 5 heteroatoms. The molecule has 3 N–H and O–H groups in total. The van der Waals surface area contributed by atoms with Gasteiger partial charge in [-0.15, -0.1) is 0 Å². The molecule has 1 unspecified atom stereocenters. The molecule has 0 fully saturated rings. The lowest BCUT2D eigenvalue weighted by Crippen LogP contribution is -2.13. The van der Waals surface area contributed by atoms with Crippen LogP contribution in [0.5, 0.6) is 5.75 Å². The number of rotatable bonds is 7. The zero-order valence-electron chi connectivity index (χ0n) is 14.7. The maximum Gasteiger partial charge on any atom is 0.137 e. The van der Waals surface area contributed by atoms with Gasteiger partial charge in [0.15, 0.2) is 0 Å². The molecule has 1 atom stereocenters. The number of fused-ring (bicyclic) bond motifs is 1. The molecule has 25 heavy (non-hydrogen) atoms. The predicted molar refractivity (Wildman–Crippen MR) is 103 cm³/mol. The Labute approximate surface area is 148 Å². The minimum Gasteiger partial charge on any atom is -0.490 e. The van der Waals surface area contributed by atoms with Crippen LogP contribution in [0, 0.1) is 0 Å². The van der Waals surface area contributed by atoms with Crippen LogP contribution in [0.3, 0.4) is 0 Å². The highest BCUT2D eigenvalue weighted by molar-refractivity contribution is 5.91. The molecule has 3 aromatic rings. The molecule has 3 rings (SSSR count). The number of ether oxygens (including phenoxy) is 1. The van der Waals surface area contributed by atoms with Crippen molar-refractivity contribution in [2.45, 2.75) is 32.8 Å². The Morgan fingerprint density at radius 3 is 2.84 bits per heavy atom. The Hall–Kier alpha value is -2.82. The van der Waals surface area contributed by atoms with Crippen molar-refractivity contribution in [3.8, 4) is 5.75 Å². The van der Waals surface area contributed by atoms with Gasteiger partial charge in [-0.1, -0.05) is 25.1 Å². The molecule has 0 aliphatic rings. The molecule has 0 bridgehead atoms. The van der Waals surface area contributed by atoms with E-state index in [-0.39, 0.29) is 6.10 Å². The van der Waals surface area contributed by atoms with Crippen LogP contribution in [0.25, 0.3) is 10.9 Å². The lowest BCUT2D eigenvalue weighted by molar-refractivity contribution is 0.215. The van der Waals surface area contributed by atoms with Crippen molar-refractivity contribution in [3.05, 3.63) is 54.4 Å². The Kier molecular flexibility index (Phi) is 5.33.